The Kier molecular flexibility index (Phi) is 4.71. The molecule has 2 aromatic rings. The highest BCUT2D eigenvalue weighted by atomic mass is 32.1. The van der Waals surface area contributed by atoms with Crippen molar-refractivity contribution in [2.45, 2.75) is 6.04 Å². The largest absolute Gasteiger partial charge is 0.507 e. The standard InChI is InChI=1S/C15H18N2OS/c1-17(2)13(15-8-5-9-19-15)11-16-10-12-6-3-4-7-14(12)18/h3-10,13,18H,11H2,1-2H3/t13-/m1/s1. The Labute approximate surface area is 117 Å². The lowest BCUT2D eigenvalue weighted by molar-refractivity contribution is 0.311. The molecule has 3 nitrogen and oxygen atoms in total. The van der Waals surface area contributed by atoms with E-state index in [-0.39, 0.29) is 11.8 Å². The highest BCUT2D eigenvalue weighted by Crippen LogP contribution is 2.23. The van der Waals surface area contributed by atoms with Crippen LogP contribution in [0.1, 0.15) is 16.5 Å². The summed E-state index contributed by atoms with van der Waals surface area (Å²) in [5.41, 5.74) is 0.756. The van der Waals surface area contributed by atoms with Crippen LogP contribution in [0, 0.1) is 0 Å². The fourth-order valence-corrected chi connectivity index (χ4v) is 2.75. The van der Waals surface area contributed by atoms with Crippen molar-refractivity contribution in [3.63, 3.8) is 0 Å². The first-order chi connectivity index (χ1) is 9.18. The van der Waals surface area contributed by atoms with E-state index in [9.17, 15) is 5.11 Å². The Balaban J connectivity index is 2.06. The monoisotopic (exact) mass is 274 g/mol. The zero-order valence-electron chi connectivity index (χ0n) is 11.2. The lowest BCUT2D eigenvalue weighted by Gasteiger charge is -2.21. The molecule has 1 aromatic heterocycles. The maximum atomic E-state index is 9.67. The van der Waals surface area contributed by atoms with Gasteiger partial charge in [-0.05, 0) is 37.7 Å². The SMILES string of the molecule is CN(C)[C@H](CN=Cc1ccccc1O)c1cccs1. The van der Waals surface area contributed by atoms with Crippen LogP contribution in [0.5, 0.6) is 5.75 Å². The van der Waals surface area contributed by atoms with Crippen LogP contribution in [0.15, 0.2) is 46.8 Å². The molecular formula is C15H18N2OS. The van der Waals surface area contributed by atoms with Gasteiger partial charge < -0.3 is 10.0 Å². The predicted octanol–water partition coefficient (Wildman–Crippen LogP) is 3.18. The molecule has 0 aliphatic carbocycles. The first-order valence-electron chi connectivity index (χ1n) is 6.16. The van der Waals surface area contributed by atoms with Crippen molar-refractivity contribution >= 4 is 17.6 Å². The molecule has 0 aliphatic rings. The number of likely N-dealkylation sites (N-methyl/N-ethyl adjacent to an activating group) is 1. The van der Waals surface area contributed by atoms with Crippen molar-refractivity contribution in [2.75, 3.05) is 20.6 Å². The van der Waals surface area contributed by atoms with Gasteiger partial charge in [-0.2, -0.15) is 0 Å². The van der Waals surface area contributed by atoms with Gasteiger partial charge in [-0.25, -0.2) is 0 Å². The fourth-order valence-electron chi connectivity index (χ4n) is 1.84. The first-order valence-corrected chi connectivity index (χ1v) is 7.04. The van der Waals surface area contributed by atoms with Crippen LogP contribution >= 0.6 is 11.3 Å². The lowest BCUT2D eigenvalue weighted by Crippen LogP contribution is -2.21. The molecule has 1 atom stereocenters. The summed E-state index contributed by atoms with van der Waals surface area (Å²) in [6.45, 7) is 0.682. The normalized spacial score (nSPS) is 13.2. The molecule has 0 unspecified atom stereocenters. The van der Waals surface area contributed by atoms with Crippen LogP contribution in [0.2, 0.25) is 0 Å². The molecule has 0 amide bonds. The van der Waals surface area contributed by atoms with Gasteiger partial charge in [0.1, 0.15) is 5.75 Å². The smallest absolute Gasteiger partial charge is 0.124 e. The second kappa shape index (κ2) is 6.50. The molecule has 0 spiro atoms. The number of aliphatic imine (C=N–C) groups is 1. The Bertz CT molecular complexity index is 535. The molecule has 0 fully saturated rings. The minimum Gasteiger partial charge on any atom is -0.507 e. The summed E-state index contributed by atoms with van der Waals surface area (Å²) in [6.07, 6.45) is 1.74. The highest BCUT2D eigenvalue weighted by molar-refractivity contribution is 7.10. The minimum atomic E-state index is 0.267. The van der Waals surface area contributed by atoms with Gasteiger partial charge in [0.15, 0.2) is 0 Å². The van der Waals surface area contributed by atoms with Crippen LogP contribution in [0.3, 0.4) is 0 Å². The summed E-state index contributed by atoms with van der Waals surface area (Å²) in [6, 6.07) is 11.7. The number of phenolic OH excluding ortho intramolecular Hbond substituents is 1. The summed E-state index contributed by atoms with van der Waals surface area (Å²) < 4.78 is 0. The molecule has 0 bridgehead atoms. The average Bonchev–Trinajstić information content (AvgIpc) is 2.89. The van der Waals surface area contributed by atoms with Crippen LogP contribution in [0.4, 0.5) is 0 Å². The molecular weight excluding hydrogens is 256 g/mol. The Morgan fingerprint density at radius 2 is 2.05 bits per heavy atom. The van der Waals surface area contributed by atoms with Gasteiger partial charge in [-0.3, -0.25) is 4.99 Å². The Hall–Kier alpha value is -1.65. The van der Waals surface area contributed by atoms with Crippen molar-refractivity contribution < 1.29 is 5.11 Å². The first kappa shape index (κ1) is 13.8. The van der Waals surface area contributed by atoms with E-state index in [4.69, 9.17) is 0 Å². The number of nitrogens with zero attached hydrogens (tertiary/aromatic N) is 2. The van der Waals surface area contributed by atoms with Gasteiger partial charge in [0.05, 0.1) is 12.6 Å². The minimum absolute atomic E-state index is 0.267. The van der Waals surface area contributed by atoms with Crippen molar-refractivity contribution in [3.8, 4) is 5.75 Å². The van der Waals surface area contributed by atoms with E-state index in [0.717, 1.165) is 5.56 Å². The van der Waals surface area contributed by atoms with Crippen molar-refractivity contribution in [1.82, 2.24) is 4.90 Å². The van der Waals surface area contributed by atoms with Gasteiger partial charge in [-0.1, -0.05) is 18.2 Å². The zero-order valence-corrected chi connectivity index (χ0v) is 12.0. The molecule has 1 aromatic carbocycles. The molecule has 100 valence electrons. The van der Waals surface area contributed by atoms with Gasteiger partial charge in [-0.15, -0.1) is 11.3 Å². The summed E-state index contributed by atoms with van der Waals surface area (Å²) >= 11 is 1.74. The number of rotatable bonds is 5. The van der Waals surface area contributed by atoms with E-state index in [1.165, 1.54) is 4.88 Å². The molecule has 0 saturated heterocycles. The van der Waals surface area contributed by atoms with E-state index in [1.807, 2.05) is 12.1 Å². The number of para-hydroxylation sites is 1. The number of phenols is 1. The summed E-state index contributed by atoms with van der Waals surface area (Å²) in [4.78, 5) is 7.93. The highest BCUT2D eigenvalue weighted by Gasteiger charge is 2.13. The topological polar surface area (TPSA) is 35.8 Å². The number of benzene rings is 1. The quantitative estimate of drug-likeness (QED) is 0.850. The molecule has 0 aliphatic heterocycles. The van der Waals surface area contributed by atoms with Gasteiger partial charge in [0, 0.05) is 16.7 Å². The number of hydrogen-bond donors (Lipinski definition) is 1. The molecule has 2 rings (SSSR count). The van der Waals surface area contributed by atoms with E-state index in [2.05, 4.69) is 41.5 Å². The van der Waals surface area contributed by atoms with Crippen molar-refractivity contribution in [1.29, 1.82) is 0 Å². The fraction of sp³-hybridized carbons (Fsp3) is 0.267. The van der Waals surface area contributed by atoms with Crippen molar-refractivity contribution in [2.24, 2.45) is 4.99 Å². The third kappa shape index (κ3) is 3.66. The average molecular weight is 274 g/mol. The van der Waals surface area contributed by atoms with E-state index >= 15 is 0 Å². The summed E-state index contributed by atoms with van der Waals surface area (Å²) in [5.74, 6) is 0.267. The third-order valence-corrected chi connectivity index (χ3v) is 3.91. The molecule has 0 radical (unpaired) electrons. The Morgan fingerprint density at radius 1 is 1.26 bits per heavy atom. The van der Waals surface area contributed by atoms with E-state index < -0.39 is 0 Å². The second-order valence-electron chi connectivity index (χ2n) is 4.55. The van der Waals surface area contributed by atoms with Crippen LogP contribution in [-0.4, -0.2) is 36.9 Å². The molecule has 4 heteroatoms. The van der Waals surface area contributed by atoms with Gasteiger partial charge in [0.2, 0.25) is 0 Å². The third-order valence-electron chi connectivity index (χ3n) is 2.94. The van der Waals surface area contributed by atoms with Gasteiger partial charge in [0.25, 0.3) is 0 Å². The molecule has 0 saturated carbocycles. The van der Waals surface area contributed by atoms with Crippen molar-refractivity contribution in [3.05, 3.63) is 52.2 Å². The van der Waals surface area contributed by atoms with Crippen LogP contribution < -0.4 is 0 Å². The maximum absolute atomic E-state index is 9.67. The number of hydrogen-bond acceptors (Lipinski definition) is 4. The molecule has 1 N–H and O–H groups in total. The second-order valence-corrected chi connectivity index (χ2v) is 5.53. The van der Waals surface area contributed by atoms with E-state index in [0.29, 0.717) is 6.54 Å². The number of aromatic hydroxyl groups is 1. The Morgan fingerprint density at radius 3 is 2.68 bits per heavy atom. The number of thiophene rings is 1. The van der Waals surface area contributed by atoms with E-state index in [1.54, 1.807) is 29.7 Å². The van der Waals surface area contributed by atoms with Gasteiger partial charge >= 0.3 is 0 Å². The van der Waals surface area contributed by atoms with Crippen LogP contribution in [-0.2, 0) is 0 Å². The zero-order chi connectivity index (χ0) is 13.7. The summed E-state index contributed by atoms with van der Waals surface area (Å²) in [5, 5.41) is 11.8. The lowest BCUT2D eigenvalue weighted by atomic mass is 10.2. The summed E-state index contributed by atoms with van der Waals surface area (Å²) in [7, 11) is 4.11. The maximum Gasteiger partial charge on any atom is 0.124 e. The molecule has 19 heavy (non-hydrogen) atoms. The predicted molar refractivity (Wildman–Crippen MR) is 81.3 cm³/mol. The van der Waals surface area contributed by atoms with Crippen LogP contribution in [0.25, 0.3) is 0 Å². The molecule has 1 heterocycles.